The quantitative estimate of drug-likeness (QED) is 0.539. The van der Waals surface area contributed by atoms with Crippen LogP contribution in [0.5, 0.6) is 0 Å². The Hall–Kier alpha value is -1.82. The maximum atomic E-state index is 7.32. The summed E-state index contributed by atoms with van der Waals surface area (Å²) >= 11 is 6.28. The minimum Gasteiger partial charge on any atom is -0.306 e. The minimum atomic E-state index is 0.356. The van der Waals surface area contributed by atoms with E-state index in [9.17, 15) is 0 Å². The third kappa shape index (κ3) is 7.37. The summed E-state index contributed by atoms with van der Waals surface area (Å²) in [5.74, 6) is 0.588. The van der Waals surface area contributed by atoms with E-state index in [0.29, 0.717) is 11.3 Å². The molecule has 0 aromatic heterocycles. The average Bonchev–Trinajstić information content (AvgIpc) is 2.68. The first-order valence-corrected chi connectivity index (χ1v) is 10.3. The molecule has 0 amide bonds. The van der Waals surface area contributed by atoms with Crippen LogP contribution in [0, 0.1) is 11.3 Å². The smallest absolute Gasteiger partial charge is 0.0587 e. The molecular formula is C24H31ClN2. The average molecular weight is 383 g/mol. The van der Waals surface area contributed by atoms with Crippen molar-refractivity contribution in [2.45, 2.75) is 50.3 Å². The summed E-state index contributed by atoms with van der Waals surface area (Å²) in [6.07, 6.45) is 5.92. The highest BCUT2D eigenvalue weighted by Gasteiger charge is 2.29. The second-order valence-corrected chi connectivity index (χ2v) is 7.87. The number of rotatable bonds is 8. The standard InChI is InChI=1S/C22H28ClN.C2H3N/c1-24(17-15-18-6-3-2-4-7-18)16-5-8-19-9-11-20(12-10-19)21-13-14-22(21)23;1-2-3/h2-4,6-7,9-12,21-22H,5,8,13-17H2,1H3;1H3. The molecule has 0 heterocycles. The van der Waals surface area contributed by atoms with Crippen LogP contribution in [-0.4, -0.2) is 30.4 Å². The van der Waals surface area contributed by atoms with E-state index >= 15 is 0 Å². The van der Waals surface area contributed by atoms with Gasteiger partial charge in [0.25, 0.3) is 0 Å². The second kappa shape index (κ2) is 11.8. The van der Waals surface area contributed by atoms with Gasteiger partial charge < -0.3 is 4.90 Å². The zero-order valence-electron chi connectivity index (χ0n) is 16.6. The fourth-order valence-corrected chi connectivity index (χ4v) is 3.79. The van der Waals surface area contributed by atoms with E-state index in [1.807, 2.05) is 0 Å². The predicted molar refractivity (Wildman–Crippen MR) is 115 cm³/mol. The van der Waals surface area contributed by atoms with Crippen LogP contribution in [0.2, 0.25) is 0 Å². The van der Waals surface area contributed by atoms with Crippen LogP contribution >= 0.6 is 11.6 Å². The molecule has 3 rings (SSSR count). The van der Waals surface area contributed by atoms with Gasteiger partial charge in [0, 0.05) is 24.8 Å². The number of aryl methyl sites for hydroxylation is 1. The van der Waals surface area contributed by atoms with E-state index in [1.165, 1.54) is 42.9 Å². The van der Waals surface area contributed by atoms with Gasteiger partial charge in [-0.3, -0.25) is 0 Å². The molecule has 0 spiro atoms. The Balaban J connectivity index is 0.000000817. The summed E-state index contributed by atoms with van der Waals surface area (Å²) in [5, 5.41) is 7.68. The number of hydrogen-bond acceptors (Lipinski definition) is 2. The molecule has 2 nitrogen and oxygen atoms in total. The first-order chi connectivity index (χ1) is 13.1. The van der Waals surface area contributed by atoms with Crippen LogP contribution < -0.4 is 0 Å². The third-order valence-electron chi connectivity index (χ3n) is 5.23. The van der Waals surface area contributed by atoms with Gasteiger partial charge in [0.05, 0.1) is 6.07 Å². The first-order valence-electron chi connectivity index (χ1n) is 9.90. The van der Waals surface area contributed by atoms with Gasteiger partial charge in [-0.25, -0.2) is 0 Å². The fourth-order valence-electron chi connectivity index (χ4n) is 3.40. The number of nitriles is 1. The fraction of sp³-hybridized carbons (Fsp3) is 0.458. The third-order valence-corrected chi connectivity index (χ3v) is 5.75. The topological polar surface area (TPSA) is 27.0 Å². The van der Waals surface area contributed by atoms with Gasteiger partial charge in [-0.15, -0.1) is 11.6 Å². The number of alkyl halides is 1. The van der Waals surface area contributed by atoms with E-state index in [-0.39, 0.29) is 0 Å². The van der Waals surface area contributed by atoms with Crippen molar-refractivity contribution in [3.63, 3.8) is 0 Å². The molecule has 2 aromatic carbocycles. The van der Waals surface area contributed by atoms with Crippen molar-refractivity contribution in [1.82, 2.24) is 4.90 Å². The Morgan fingerprint density at radius 3 is 2.15 bits per heavy atom. The van der Waals surface area contributed by atoms with Gasteiger partial charge in [0.15, 0.2) is 0 Å². The van der Waals surface area contributed by atoms with Crippen molar-refractivity contribution in [3.05, 3.63) is 71.3 Å². The summed E-state index contributed by atoms with van der Waals surface area (Å²) in [6, 6.07) is 21.6. The van der Waals surface area contributed by atoms with Crippen LogP contribution in [-0.2, 0) is 12.8 Å². The molecule has 2 atom stereocenters. The molecule has 1 aliphatic carbocycles. The maximum absolute atomic E-state index is 7.32. The number of benzene rings is 2. The van der Waals surface area contributed by atoms with Crippen LogP contribution in [0.15, 0.2) is 54.6 Å². The Labute approximate surface area is 169 Å². The molecule has 0 saturated heterocycles. The molecule has 1 saturated carbocycles. The first kappa shape index (κ1) is 21.5. The lowest BCUT2D eigenvalue weighted by atomic mass is 9.79. The van der Waals surface area contributed by atoms with Crippen molar-refractivity contribution in [2.24, 2.45) is 0 Å². The molecule has 2 unspecified atom stereocenters. The van der Waals surface area contributed by atoms with Gasteiger partial charge >= 0.3 is 0 Å². The lowest BCUT2D eigenvalue weighted by molar-refractivity contribution is 0.333. The zero-order chi connectivity index (χ0) is 19.5. The van der Waals surface area contributed by atoms with Gasteiger partial charge in [0.2, 0.25) is 0 Å². The Morgan fingerprint density at radius 2 is 1.59 bits per heavy atom. The summed E-state index contributed by atoms with van der Waals surface area (Å²) in [5.41, 5.74) is 4.29. The normalized spacial score (nSPS) is 18.2. The zero-order valence-corrected chi connectivity index (χ0v) is 17.3. The molecule has 0 aliphatic heterocycles. The van der Waals surface area contributed by atoms with E-state index in [4.69, 9.17) is 16.9 Å². The summed E-state index contributed by atoms with van der Waals surface area (Å²) < 4.78 is 0. The van der Waals surface area contributed by atoms with Crippen molar-refractivity contribution >= 4 is 11.6 Å². The van der Waals surface area contributed by atoms with Gasteiger partial charge in [-0.2, -0.15) is 5.26 Å². The van der Waals surface area contributed by atoms with E-state index < -0.39 is 0 Å². The van der Waals surface area contributed by atoms with Crippen LogP contribution in [0.4, 0.5) is 0 Å². The number of nitrogens with zero attached hydrogens (tertiary/aromatic N) is 2. The van der Waals surface area contributed by atoms with Crippen molar-refractivity contribution in [3.8, 4) is 6.07 Å². The lowest BCUT2D eigenvalue weighted by Gasteiger charge is -2.32. The van der Waals surface area contributed by atoms with Crippen molar-refractivity contribution in [2.75, 3.05) is 20.1 Å². The van der Waals surface area contributed by atoms with E-state index in [0.717, 1.165) is 25.9 Å². The van der Waals surface area contributed by atoms with Gasteiger partial charge in [-0.1, -0.05) is 54.6 Å². The van der Waals surface area contributed by atoms with E-state index in [1.54, 1.807) is 6.07 Å². The molecule has 144 valence electrons. The van der Waals surface area contributed by atoms with Crippen LogP contribution in [0.1, 0.15) is 48.8 Å². The largest absolute Gasteiger partial charge is 0.306 e. The highest BCUT2D eigenvalue weighted by molar-refractivity contribution is 6.21. The monoisotopic (exact) mass is 382 g/mol. The van der Waals surface area contributed by atoms with Crippen LogP contribution in [0.25, 0.3) is 0 Å². The molecule has 0 N–H and O–H groups in total. The SMILES string of the molecule is CC#N.CN(CCCc1ccc(C2CCC2Cl)cc1)CCc1ccccc1. The summed E-state index contributed by atoms with van der Waals surface area (Å²) in [4.78, 5) is 2.44. The van der Waals surface area contributed by atoms with Crippen molar-refractivity contribution < 1.29 is 0 Å². The number of hydrogen-bond donors (Lipinski definition) is 0. The lowest BCUT2D eigenvalue weighted by Crippen LogP contribution is -2.24. The molecule has 0 radical (unpaired) electrons. The predicted octanol–water partition coefficient (Wildman–Crippen LogP) is 5.81. The van der Waals surface area contributed by atoms with Gasteiger partial charge in [0.1, 0.15) is 0 Å². The van der Waals surface area contributed by atoms with Crippen LogP contribution in [0.3, 0.4) is 0 Å². The number of halogens is 1. The second-order valence-electron chi connectivity index (χ2n) is 7.31. The Kier molecular flexibility index (Phi) is 9.39. The Morgan fingerprint density at radius 1 is 0.963 bits per heavy atom. The number of likely N-dealkylation sites (N-methyl/N-ethyl adjacent to an activating group) is 1. The summed E-state index contributed by atoms with van der Waals surface area (Å²) in [6.45, 7) is 3.71. The molecule has 0 bridgehead atoms. The highest BCUT2D eigenvalue weighted by atomic mass is 35.5. The van der Waals surface area contributed by atoms with E-state index in [2.05, 4.69) is 66.5 Å². The maximum Gasteiger partial charge on any atom is 0.0587 e. The van der Waals surface area contributed by atoms with Crippen molar-refractivity contribution in [1.29, 1.82) is 5.26 Å². The summed E-state index contributed by atoms with van der Waals surface area (Å²) in [7, 11) is 2.23. The molecule has 1 aliphatic rings. The molecular weight excluding hydrogens is 352 g/mol. The minimum absolute atomic E-state index is 0.356. The molecule has 27 heavy (non-hydrogen) atoms. The molecule has 1 fully saturated rings. The highest BCUT2D eigenvalue weighted by Crippen LogP contribution is 2.40. The molecule has 2 aromatic rings. The van der Waals surface area contributed by atoms with Gasteiger partial charge in [-0.05, 0) is 62.4 Å². The Bertz CT molecular complexity index is 691. The molecule has 3 heteroatoms.